The van der Waals surface area contributed by atoms with Gasteiger partial charge in [-0.1, -0.05) is 6.07 Å². The van der Waals surface area contributed by atoms with Crippen molar-refractivity contribution in [1.82, 2.24) is 25.4 Å². The quantitative estimate of drug-likeness (QED) is 0.677. The lowest BCUT2D eigenvalue weighted by atomic mass is 10.00. The highest BCUT2D eigenvalue weighted by molar-refractivity contribution is 7.13. The van der Waals surface area contributed by atoms with Gasteiger partial charge in [0, 0.05) is 12.1 Å². The van der Waals surface area contributed by atoms with Gasteiger partial charge in [0.2, 0.25) is 5.82 Å². The number of carbonyl (C=O) groups is 1. The van der Waals surface area contributed by atoms with E-state index in [2.05, 4.69) is 27.6 Å². The van der Waals surface area contributed by atoms with E-state index in [0.29, 0.717) is 11.5 Å². The summed E-state index contributed by atoms with van der Waals surface area (Å²) in [5.41, 5.74) is 0.652. The Morgan fingerprint density at radius 3 is 2.79 bits per heavy atom. The number of nitrogens with one attached hydrogen (secondary N) is 2. The van der Waals surface area contributed by atoms with Crippen LogP contribution in [0.2, 0.25) is 0 Å². The zero-order valence-electron chi connectivity index (χ0n) is 15.3. The SMILES string of the molecule is CC1NCCCC1NC(=O)c1nc(-c2cccs2)n(-c2ccc(F)cc2)n1.Cl. The Bertz CT molecular complexity index is 928. The molecule has 28 heavy (non-hydrogen) atoms. The fourth-order valence-electron chi connectivity index (χ4n) is 3.21. The first-order valence-electron chi connectivity index (χ1n) is 8.93. The summed E-state index contributed by atoms with van der Waals surface area (Å²) < 4.78 is 14.9. The number of benzene rings is 1. The number of amides is 1. The standard InChI is InChI=1S/C19H20FN5OS.ClH/c1-12-15(4-2-10-21-12)22-19(26)17-23-18(16-5-3-11-27-16)25(24-17)14-8-6-13(20)7-9-14;/h3,5-9,11-12,15,21H,2,4,10H2,1H3,(H,22,26);1H. The number of piperidine rings is 1. The smallest absolute Gasteiger partial charge is 0.291 e. The molecule has 2 N–H and O–H groups in total. The van der Waals surface area contributed by atoms with Crippen LogP contribution in [-0.2, 0) is 0 Å². The van der Waals surface area contributed by atoms with E-state index in [4.69, 9.17) is 0 Å². The van der Waals surface area contributed by atoms with Crippen LogP contribution in [0, 0.1) is 5.82 Å². The predicted molar refractivity (Wildman–Crippen MR) is 110 cm³/mol. The molecule has 1 aromatic carbocycles. The van der Waals surface area contributed by atoms with E-state index in [1.807, 2.05) is 17.5 Å². The van der Waals surface area contributed by atoms with Crippen LogP contribution < -0.4 is 10.6 Å². The van der Waals surface area contributed by atoms with Crippen molar-refractivity contribution in [2.75, 3.05) is 6.54 Å². The number of carbonyl (C=O) groups excluding carboxylic acids is 1. The lowest BCUT2D eigenvalue weighted by molar-refractivity contribution is 0.0909. The number of nitrogens with zero attached hydrogens (tertiary/aromatic N) is 3. The van der Waals surface area contributed by atoms with Crippen molar-refractivity contribution in [3.05, 3.63) is 53.4 Å². The maximum Gasteiger partial charge on any atom is 0.291 e. The molecule has 2 unspecified atom stereocenters. The van der Waals surface area contributed by atoms with E-state index < -0.39 is 0 Å². The Hall–Kier alpha value is -2.29. The molecule has 2 aromatic heterocycles. The fourth-order valence-corrected chi connectivity index (χ4v) is 3.91. The third-order valence-electron chi connectivity index (χ3n) is 4.70. The zero-order valence-corrected chi connectivity index (χ0v) is 16.9. The molecule has 6 nitrogen and oxygen atoms in total. The molecule has 0 radical (unpaired) electrons. The minimum Gasteiger partial charge on any atom is -0.345 e. The Morgan fingerprint density at radius 2 is 2.11 bits per heavy atom. The minimum atomic E-state index is -0.326. The maximum absolute atomic E-state index is 13.3. The van der Waals surface area contributed by atoms with Crippen molar-refractivity contribution in [2.24, 2.45) is 0 Å². The summed E-state index contributed by atoms with van der Waals surface area (Å²) in [4.78, 5) is 18.1. The second-order valence-electron chi connectivity index (χ2n) is 6.59. The highest BCUT2D eigenvalue weighted by Crippen LogP contribution is 2.25. The average molecular weight is 422 g/mol. The summed E-state index contributed by atoms with van der Waals surface area (Å²) in [6.45, 7) is 3.03. The van der Waals surface area contributed by atoms with Crippen LogP contribution in [-0.4, -0.2) is 39.3 Å². The van der Waals surface area contributed by atoms with E-state index >= 15 is 0 Å². The van der Waals surface area contributed by atoms with E-state index in [1.54, 1.807) is 16.8 Å². The molecule has 1 saturated heterocycles. The van der Waals surface area contributed by atoms with E-state index in [1.165, 1.54) is 23.5 Å². The molecule has 1 aliphatic heterocycles. The largest absolute Gasteiger partial charge is 0.345 e. The van der Waals surface area contributed by atoms with Gasteiger partial charge in [-0.2, -0.15) is 0 Å². The monoisotopic (exact) mass is 421 g/mol. The number of aromatic nitrogens is 3. The molecule has 1 amide bonds. The summed E-state index contributed by atoms with van der Waals surface area (Å²) in [6.07, 6.45) is 1.95. The third-order valence-corrected chi connectivity index (χ3v) is 5.57. The second-order valence-corrected chi connectivity index (χ2v) is 7.54. The molecule has 4 rings (SSSR count). The Morgan fingerprint density at radius 1 is 1.32 bits per heavy atom. The Balaban J connectivity index is 0.00000225. The first-order chi connectivity index (χ1) is 13.1. The summed E-state index contributed by atoms with van der Waals surface area (Å²) in [7, 11) is 0. The Labute approximate surface area is 172 Å². The topological polar surface area (TPSA) is 71.8 Å². The van der Waals surface area contributed by atoms with Crippen molar-refractivity contribution in [1.29, 1.82) is 0 Å². The molecule has 1 fully saturated rings. The lowest BCUT2D eigenvalue weighted by Gasteiger charge is -2.30. The number of thiophene rings is 1. The molecule has 9 heteroatoms. The normalized spacial score (nSPS) is 19.1. The van der Waals surface area contributed by atoms with Crippen LogP contribution in [0.1, 0.15) is 30.4 Å². The number of halogens is 2. The lowest BCUT2D eigenvalue weighted by Crippen LogP contribution is -2.52. The van der Waals surface area contributed by atoms with E-state index in [9.17, 15) is 9.18 Å². The number of rotatable bonds is 4. The summed E-state index contributed by atoms with van der Waals surface area (Å²) in [5.74, 6) is 0.0552. The third kappa shape index (κ3) is 4.24. The zero-order chi connectivity index (χ0) is 18.8. The highest BCUT2D eigenvalue weighted by atomic mass is 35.5. The first-order valence-corrected chi connectivity index (χ1v) is 9.81. The molecular weight excluding hydrogens is 401 g/mol. The van der Waals surface area contributed by atoms with Gasteiger partial charge in [0.05, 0.1) is 10.6 Å². The summed E-state index contributed by atoms with van der Waals surface area (Å²) in [5, 5.41) is 12.8. The van der Waals surface area contributed by atoms with Crippen LogP contribution in [0.4, 0.5) is 4.39 Å². The molecule has 1 aliphatic rings. The van der Waals surface area contributed by atoms with Crippen LogP contribution in [0.5, 0.6) is 0 Å². The number of hydrogen-bond acceptors (Lipinski definition) is 5. The summed E-state index contributed by atoms with van der Waals surface area (Å²) in [6, 6.07) is 10.1. The molecule has 148 valence electrons. The average Bonchev–Trinajstić information content (AvgIpc) is 3.33. The van der Waals surface area contributed by atoms with E-state index in [-0.39, 0.29) is 42.0 Å². The van der Waals surface area contributed by atoms with Gasteiger partial charge in [0.25, 0.3) is 5.91 Å². The summed E-state index contributed by atoms with van der Waals surface area (Å²) >= 11 is 1.51. The fraction of sp³-hybridized carbons (Fsp3) is 0.316. The molecule has 0 spiro atoms. The van der Waals surface area contributed by atoms with Gasteiger partial charge in [-0.25, -0.2) is 14.1 Å². The maximum atomic E-state index is 13.3. The molecule has 0 saturated carbocycles. The van der Waals surface area contributed by atoms with Gasteiger partial charge in [0.15, 0.2) is 5.82 Å². The van der Waals surface area contributed by atoms with Crippen molar-refractivity contribution >= 4 is 29.7 Å². The molecule has 3 heterocycles. The first kappa shape index (κ1) is 20.4. The van der Waals surface area contributed by atoms with Crippen molar-refractivity contribution < 1.29 is 9.18 Å². The second kappa shape index (κ2) is 8.81. The Kier molecular flexibility index (Phi) is 6.43. The van der Waals surface area contributed by atoms with Gasteiger partial charge in [-0.05, 0) is 62.0 Å². The van der Waals surface area contributed by atoms with Gasteiger partial charge in [-0.3, -0.25) is 4.79 Å². The van der Waals surface area contributed by atoms with Crippen molar-refractivity contribution in [3.63, 3.8) is 0 Å². The predicted octanol–water partition coefficient (Wildman–Crippen LogP) is 3.43. The van der Waals surface area contributed by atoms with Gasteiger partial charge in [0.1, 0.15) is 5.82 Å². The van der Waals surface area contributed by atoms with Crippen molar-refractivity contribution in [3.8, 4) is 16.4 Å². The van der Waals surface area contributed by atoms with Crippen molar-refractivity contribution in [2.45, 2.75) is 31.8 Å². The van der Waals surface area contributed by atoms with Crippen LogP contribution in [0.25, 0.3) is 16.4 Å². The molecule has 0 bridgehead atoms. The van der Waals surface area contributed by atoms with Gasteiger partial charge >= 0.3 is 0 Å². The highest BCUT2D eigenvalue weighted by Gasteiger charge is 2.26. The molecular formula is C19H21ClFN5OS. The number of hydrogen-bond donors (Lipinski definition) is 2. The van der Waals surface area contributed by atoms with Crippen LogP contribution in [0.15, 0.2) is 41.8 Å². The minimum absolute atomic E-state index is 0. The van der Waals surface area contributed by atoms with Gasteiger partial charge in [-0.15, -0.1) is 28.8 Å². The molecule has 2 atom stereocenters. The molecule has 0 aliphatic carbocycles. The van der Waals surface area contributed by atoms with E-state index in [0.717, 1.165) is 24.3 Å². The van der Waals surface area contributed by atoms with Crippen LogP contribution >= 0.6 is 23.7 Å². The van der Waals surface area contributed by atoms with Crippen LogP contribution in [0.3, 0.4) is 0 Å². The van der Waals surface area contributed by atoms with Gasteiger partial charge < -0.3 is 10.6 Å². The molecule has 3 aromatic rings.